The van der Waals surface area contributed by atoms with E-state index < -0.39 is 37.6 Å². The van der Waals surface area contributed by atoms with Gasteiger partial charge in [0.25, 0.3) is 11.4 Å². The molecule has 0 saturated carbocycles. The van der Waals surface area contributed by atoms with Crippen LogP contribution < -0.4 is 0 Å². The molecule has 0 aliphatic carbocycles. The molecule has 13 nitrogen and oxygen atoms in total. The van der Waals surface area contributed by atoms with Crippen LogP contribution in [-0.2, 0) is 11.3 Å². The van der Waals surface area contributed by atoms with Gasteiger partial charge in [-0.05, 0) is 18.6 Å². The molecule has 5 rings (SSSR count). The highest BCUT2D eigenvalue weighted by atomic mass is 16.6. The fourth-order valence-electron chi connectivity index (χ4n) is 4.49. The Morgan fingerprint density at radius 3 is 1.74 bits per heavy atom. The number of nitrogens with zero attached hydrogens (tertiary/aromatic N) is 5. The third-order valence-corrected chi connectivity index (χ3v) is 6.30. The van der Waals surface area contributed by atoms with Gasteiger partial charge in [0.1, 0.15) is 0 Å². The Labute approximate surface area is 215 Å². The lowest BCUT2D eigenvalue weighted by atomic mass is 10.2. The number of aromatic nitrogens is 1. The smallest absolute Gasteiger partial charge is 0.324 e. The van der Waals surface area contributed by atoms with Crippen molar-refractivity contribution in [2.75, 3.05) is 32.8 Å². The number of phenols is 1. The van der Waals surface area contributed by atoms with Crippen molar-refractivity contribution in [3.63, 3.8) is 0 Å². The van der Waals surface area contributed by atoms with Crippen molar-refractivity contribution in [2.45, 2.75) is 13.0 Å². The van der Waals surface area contributed by atoms with Crippen LogP contribution in [0.2, 0.25) is 0 Å². The first kappa shape index (κ1) is 26.4. The Morgan fingerprint density at radius 2 is 1.26 bits per heavy atom. The van der Waals surface area contributed by atoms with Gasteiger partial charge in [-0.3, -0.25) is 35.2 Å². The number of hydrogen-bond donors (Lipinski definition) is 1. The van der Waals surface area contributed by atoms with E-state index in [1.165, 1.54) is 28.2 Å². The number of morpholine rings is 1. The number of phenolic OH excluding ortho intramolecular Hbond substituents is 1. The Kier molecular flexibility index (Phi) is 8.09. The van der Waals surface area contributed by atoms with Crippen LogP contribution in [0, 0.1) is 30.3 Å². The van der Waals surface area contributed by atoms with E-state index in [-0.39, 0.29) is 0 Å². The first-order chi connectivity index (χ1) is 18.3. The van der Waals surface area contributed by atoms with Crippen molar-refractivity contribution >= 4 is 38.9 Å². The molecule has 198 valence electrons. The summed E-state index contributed by atoms with van der Waals surface area (Å²) in [5.41, 5.74) is -0.297. The van der Waals surface area contributed by atoms with Gasteiger partial charge in [0.05, 0.1) is 40.1 Å². The van der Waals surface area contributed by atoms with Crippen LogP contribution in [0.5, 0.6) is 5.75 Å². The van der Waals surface area contributed by atoms with Crippen LogP contribution in [0.15, 0.2) is 60.7 Å². The summed E-state index contributed by atoms with van der Waals surface area (Å²) in [7, 11) is 0. The van der Waals surface area contributed by atoms with Crippen molar-refractivity contribution < 1.29 is 24.6 Å². The zero-order chi connectivity index (χ0) is 27.2. The Hall–Kier alpha value is -4.62. The number of nitro benzene ring substituents is 3. The number of rotatable bonds is 7. The number of aryl methyl sites for hydroxylation is 1. The number of ether oxygens (including phenoxy) is 1. The number of para-hydroxylation sites is 2. The average Bonchev–Trinajstić information content (AvgIpc) is 3.23. The summed E-state index contributed by atoms with van der Waals surface area (Å²) >= 11 is 0. The number of benzene rings is 3. The highest BCUT2D eigenvalue weighted by Crippen LogP contribution is 2.39. The lowest BCUT2D eigenvalue weighted by Gasteiger charge is -2.26. The molecule has 1 N–H and O–H groups in total. The second kappa shape index (κ2) is 11.6. The molecule has 13 heteroatoms. The van der Waals surface area contributed by atoms with E-state index in [0.29, 0.717) is 12.1 Å². The van der Waals surface area contributed by atoms with Crippen molar-refractivity contribution in [2.24, 2.45) is 0 Å². The van der Waals surface area contributed by atoms with Crippen LogP contribution in [-0.4, -0.2) is 62.2 Å². The van der Waals surface area contributed by atoms with Crippen molar-refractivity contribution in [1.82, 2.24) is 9.47 Å². The van der Waals surface area contributed by atoms with Gasteiger partial charge in [-0.1, -0.05) is 36.4 Å². The summed E-state index contributed by atoms with van der Waals surface area (Å²) in [6.45, 7) is 6.15. The fraction of sp³-hybridized carbons (Fsp3) is 0.280. The molecule has 1 aliphatic rings. The first-order valence-corrected chi connectivity index (χ1v) is 11.8. The third-order valence-electron chi connectivity index (χ3n) is 6.30. The topological polar surface area (TPSA) is 167 Å². The summed E-state index contributed by atoms with van der Waals surface area (Å²) in [5.74, 6) is -1.21. The van der Waals surface area contributed by atoms with E-state index in [2.05, 4.69) is 58.0 Å². The summed E-state index contributed by atoms with van der Waals surface area (Å²) in [5, 5.41) is 42.9. The minimum Gasteiger partial charge on any atom is -0.497 e. The van der Waals surface area contributed by atoms with Crippen LogP contribution in [0.25, 0.3) is 21.8 Å². The molecule has 1 saturated heterocycles. The molecule has 4 aromatic rings. The van der Waals surface area contributed by atoms with E-state index in [1.807, 2.05) is 0 Å². The molecule has 1 aliphatic heterocycles. The quantitative estimate of drug-likeness (QED) is 0.268. The van der Waals surface area contributed by atoms with Gasteiger partial charge >= 0.3 is 11.4 Å². The van der Waals surface area contributed by atoms with E-state index in [1.54, 1.807) is 0 Å². The number of non-ortho nitro benzene ring substituents is 1. The Balaban J connectivity index is 0.000000188. The summed E-state index contributed by atoms with van der Waals surface area (Å²) in [6.07, 6.45) is 1.18. The number of aromatic hydroxyl groups is 1. The highest BCUT2D eigenvalue weighted by molar-refractivity contribution is 6.07. The van der Waals surface area contributed by atoms with Crippen LogP contribution in [0.4, 0.5) is 17.1 Å². The van der Waals surface area contributed by atoms with Gasteiger partial charge in [0.15, 0.2) is 0 Å². The standard InChI is InChI=1S/C19H22N2O.C6H3N3O7/c1-3-8-18-16(6-1)17-7-2-4-9-19(17)21(18)11-5-10-20-12-14-22-15-13-20;10-6-4(8(13)14)1-3(7(11)12)2-5(6)9(15)16/h1-4,6-9H,5,10-15H2;1-2,10H. The monoisotopic (exact) mass is 523 g/mol. The van der Waals surface area contributed by atoms with Crippen molar-refractivity contribution in [1.29, 1.82) is 0 Å². The first-order valence-electron chi connectivity index (χ1n) is 11.8. The predicted octanol–water partition coefficient (Wildman–Crippen LogP) is 4.63. The highest BCUT2D eigenvalue weighted by Gasteiger charge is 2.30. The molecular weight excluding hydrogens is 498 g/mol. The number of nitro groups is 3. The molecule has 0 amide bonds. The van der Waals surface area contributed by atoms with Crippen molar-refractivity contribution in [3.05, 3.63) is 91.0 Å². The number of fused-ring (bicyclic) bond motifs is 3. The summed E-state index contributed by atoms with van der Waals surface area (Å²) in [6, 6.07) is 18.4. The van der Waals surface area contributed by atoms with Gasteiger partial charge < -0.3 is 14.4 Å². The summed E-state index contributed by atoms with van der Waals surface area (Å²) < 4.78 is 7.90. The zero-order valence-electron chi connectivity index (χ0n) is 20.3. The lowest BCUT2D eigenvalue weighted by molar-refractivity contribution is -0.404. The Bertz CT molecular complexity index is 1410. The molecule has 2 heterocycles. The van der Waals surface area contributed by atoms with Gasteiger partial charge in [0.2, 0.25) is 0 Å². The molecule has 38 heavy (non-hydrogen) atoms. The van der Waals surface area contributed by atoms with E-state index in [4.69, 9.17) is 9.84 Å². The molecular formula is C25H25N5O8. The number of hydrogen-bond acceptors (Lipinski definition) is 9. The Morgan fingerprint density at radius 1 is 0.763 bits per heavy atom. The third kappa shape index (κ3) is 5.68. The van der Waals surface area contributed by atoms with Crippen LogP contribution >= 0.6 is 0 Å². The molecule has 1 fully saturated rings. The SMILES string of the molecule is O=[N+]([O-])c1cc([N+](=O)[O-])c(O)c([N+](=O)[O-])c1.c1ccc2c(c1)c1ccccc1n2CCCN1CCOCC1. The van der Waals surface area contributed by atoms with Gasteiger partial charge in [-0.15, -0.1) is 0 Å². The minimum absolute atomic E-state index is 0.447. The van der Waals surface area contributed by atoms with Gasteiger partial charge in [-0.25, -0.2) is 0 Å². The van der Waals surface area contributed by atoms with E-state index in [9.17, 15) is 30.3 Å². The van der Waals surface area contributed by atoms with E-state index in [0.717, 1.165) is 39.4 Å². The van der Waals surface area contributed by atoms with Crippen molar-refractivity contribution in [3.8, 4) is 5.75 Å². The molecule has 0 spiro atoms. The molecule has 0 atom stereocenters. The summed E-state index contributed by atoms with van der Waals surface area (Å²) in [4.78, 5) is 30.3. The fourth-order valence-corrected chi connectivity index (χ4v) is 4.49. The maximum atomic E-state index is 10.4. The van der Waals surface area contributed by atoms with Gasteiger partial charge in [-0.2, -0.15) is 0 Å². The van der Waals surface area contributed by atoms with E-state index >= 15 is 0 Å². The normalized spacial score (nSPS) is 13.7. The average molecular weight is 524 g/mol. The second-order valence-corrected chi connectivity index (χ2v) is 8.60. The zero-order valence-corrected chi connectivity index (χ0v) is 20.3. The molecule has 3 aromatic carbocycles. The van der Waals surface area contributed by atoms with Crippen LogP contribution in [0.3, 0.4) is 0 Å². The second-order valence-electron chi connectivity index (χ2n) is 8.60. The molecule has 0 radical (unpaired) electrons. The lowest BCUT2D eigenvalue weighted by Crippen LogP contribution is -2.37. The molecule has 1 aromatic heterocycles. The minimum atomic E-state index is -1.21. The molecule has 0 unspecified atom stereocenters. The maximum absolute atomic E-state index is 10.4. The largest absolute Gasteiger partial charge is 0.497 e. The predicted molar refractivity (Wildman–Crippen MR) is 139 cm³/mol. The maximum Gasteiger partial charge on any atom is 0.324 e. The van der Waals surface area contributed by atoms with Gasteiger partial charge in [0, 0.05) is 48.0 Å². The molecule has 0 bridgehead atoms. The van der Waals surface area contributed by atoms with Crippen LogP contribution in [0.1, 0.15) is 6.42 Å².